The fourth-order valence-electron chi connectivity index (χ4n) is 2.42. The summed E-state index contributed by atoms with van der Waals surface area (Å²) in [5.74, 6) is -0.332. The molecule has 0 atom stereocenters. The molecule has 2 nitrogen and oxygen atoms in total. The average molecular weight is 374 g/mol. The van der Waals surface area contributed by atoms with Crippen LogP contribution in [0.1, 0.15) is 24.0 Å². The normalized spacial score (nSPS) is 14.2. The molecule has 0 spiro atoms. The number of halogens is 2. The first-order chi connectivity index (χ1) is 11.1. The molecular weight excluding hydrogens is 357 g/mol. The van der Waals surface area contributed by atoms with Gasteiger partial charge in [0.15, 0.2) is 0 Å². The van der Waals surface area contributed by atoms with E-state index >= 15 is 0 Å². The highest BCUT2D eigenvalue weighted by Crippen LogP contribution is 2.29. The molecule has 0 saturated heterocycles. The maximum Gasteiger partial charge on any atom is 0.247 e. The highest BCUT2D eigenvalue weighted by molar-refractivity contribution is 9.10. The number of amides is 1. The Bertz CT molecular complexity index is 722. The number of hydrogen-bond donors (Lipinski definition) is 0. The Labute approximate surface area is 143 Å². The van der Waals surface area contributed by atoms with Gasteiger partial charge in [-0.3, -0.25) is 4.79 Å². The van der Waals surface area contributed by atoms with Crippen LogP contribution in [0.5, 0.6) is 0 Å². The fraction of sp³-hybridized carbons (Fsp3) is 0.211. The van der Waals surface area contributed by atoms with Crippen molar-refractivity contribution in [2.75, 3.05) is 0 Å². The van der Waals surface area contributed by atoms with Gasteiger partial charge in [0.05, 0.1) is 0 Å². The van der Waals surface area contributed by atoms with Crippen LogP contribution >= 0.6 is 15.9 Å². The molecule has 23 heavy (non-hydrogen) atoms. The van der Waals surface area contributed by atoms with Crippen LogP contribution < -0.4 is 0 Å². The summed E-state index contributed by atoms with van der Waals surface area (Å²) in [6, 6.07) is 14.6. The molecule has 1 amide bonds. The molecule has 1 aliphatic rings. The Morgan fingerprint density at radius 1 is 1.17 bits per heavy atom. The minimum absolute atomic E-state index is 0.0707. The molecule has 118 valence electrons. The number of carbonyl (C=O) groups is 1. The number of nitrogens with zero attached hydrogens (tertiary/aromatic N) is 1. The Morgan fingerprint density at radius 2 is 1.87 bits per heavy atom. The van der Waals surface area contributed by atoms with Crippen molar-refractivity contribution in [1.82, 2.24) is 4.90 Å². The molecule has 0 radical (unpaired) electrons. The zero-order chi connectivity index (χ0) is 16.2. The van der Waals surface area contributed by atoms with Crippen molar-refractivity contribution in [2.45, 2.75) is 25.4 Å². The van der Waals surface area contributed by atoms with Crippen LogP contribution in [-0.4, -0.2) is 16.8 Å². The highest BCUT2D eigenvalue weighted by atomic mass is 79.9. The van der Waals surface area contributed by atoms with Crippen LogP contribution in [0.3, 0.4) is 0 Å². The van der Waals surface area contributed by atoms with Crippen LogP contribution in [0.4, 0.5) is 4.39 Å². The predicted molar refractivity (Wildman–Crippen MR) is 93.1 cm³/mol. The summed E-state index contributed by atoms with van der Waals surface area (Å²) in [6.07, 6.45) is 5.35. The number of hydrogen-bond acceptors (Lipinski definition) is 1. The maximum atomic E-state index is 13.8. The third-order valence-corrected chi connectivity index (χ3v) is 4.39. The average Bonchev–Trinajstić information content (AvgIpc) is 3.38. The van der Waals surface area contributed by atoms with Gasteiger partial charge in [-0.2, -0.15) is 0 Å². The van der Waals surface area contributed by atoms with Crippen molar-refractivity contribution in [2.24, 2.45) is 0 Å². The quantitative estimate of drug-likeness (QED) is 0.689. The van der Waals surface area contributed by atoms with Gasteiger partial charge >= 0.3 is 0 Å². The van der Waals surface area contributed by atoms with E-state index in [1.807, 2.05) is 24.3 Å². The summed E-state index contributed by atoms with van der Waals surface area (Å²) < 4.78 is 14.8. The summed E-state index contributed by atoms with van der Waals surface area (Å²) in [4.78, 5) is 14.2. The monoisotopic (exact) mass is 373 g/mol. The van der Waals surface area contributed by atoms with E-state index in [1.165, 1.54) is 6.07 Å². The molecule has 1 fully saturated rings. The molecule has 0 aromatic heterocycles. The first-order valence-electron chi connectivity index (χ1n) is 7.61. The van der Waals surface area contributed by atoms with Crippen LogP contribution in [0, 0.1) is 5.82 Å². The van der Waals surface area contributed by atoms with Crippen molar-refractivity contribution in [3.63, 3.8) is 0 Å². The molecule has 4 heteroatoms. The second kappa shape index (κ2) is 7.09. The van der Waals surface area contributed by atoms with E-state index in [4.69, 9.17) is 0 Å². The van der Waals surface area contributed by atoms with E-state index in [-0.39, 0.29) is 17.8 Å². The molecule has 0 heterocycles. The lowest BCUT2D eigenvalue weighted by Crippen LogP contribution is -2.31. The Kier molecular flexibility index (Phi) is 4.91. The lowest BCUT2D eigenvalue weighted by molar-refractivity contribution is -0.127. The summed E-state index contributed by atoms with van der Waals surface area (Å²) in [6.45, 7) is 0.320. The van der Waals surface area contributed by atoms with Gasteiger partial charge in [0, 0.05) is 28.7 Å². The van der Waals surface area contributed by atoms with Crippen LogP contribution in [-0.2, 0) is 11.3 Å². The summed E-state index contributed by atoms with van der Waals surface area (Å²) in [5, 5.41) is 0. The Hall–Kier alpha value is -1.94. The number of rotatable bonds is 5. The topological polar surface area (TPSA) is 20.3 Å². The second-order valence-electron chi connectivity index (χ2n) is 5.67. The van der Waals surface area contributed by atoms with Gasteiger partial charge in [-0.15, -0.1) is 0 Å². The third kappa shape index (κ3) is 4.29. The first-order valence-corrected chi connectivity index (χ1v) is 8.40. The van der Waals surface area contributed by atoms with Gasteiger partial charge in [-0.05, 0) is 42.7 Å². The zero-order valence-corrected chi connectivity index (χ0v) is 14.2. The van der Waals surface area contributed by atoms with Gasteiger partial charge in [0.25, 0.3) is 0 Å². The van der Waals surface area contributed by atoms with Crippen LogP contribution in [0.25, 0.3) is 6.08 Å². The van der Waals surface area contributed by atoms with Gasteiger partial charge in [0.2, 0.25) is 5.91 Å². The van der Waals surface area contributed by atoms with Crippen LogP contribution in [0.15, 0.2) is 59.1 Å². The van der Waals surface area contributed by atoms with E-state index in [0.717, 1.165) is 22.9 Å². The Balaban J connectivity index is 1.72. The van der Waals surface area contributed by atoms with E-state index in [1.54, 1.807) is 35.3 Å². The molecule has 3 rings (SSSR count). The van der Waals surface area contributed by atoms with Crippen molar-refractivity contribution >= 4 is 27.9 Å². The van der Waals surface area contributed by atoms with E-state index in [0.29, 0.717) is 12.1 Å². The molecule has 0 unspecified atom stereocenters. The lowest BCUT2D eigenvalue weighted by Gasteiger charge is -2.21. The van der Waals surface area contributed by atoms with E-state index in [2.05, 4.69) is 15.9 Å². The van der Waals surface area contributed by atoms with Crippen molar-refractivity contribution in [1.29, 1.82) is 0 Å². The molecule has 1 saturated carbocycles. The van der Waals surface area contributed by atoms with Gasteiger partial charge in [-0.25, -0.2) is 4.39 Å². The minimum Gasteiger partial charge on any atom is -0.332 e. The molecule has 2 aromatic carbocycles. The largest absolute Gasteiger partial charge is 0.332 e. The van der Waals surface area contributed by atoms with Gasteiger partial charge in [0.1, 0.15) is 5.82 Å². The first kappa shape index (κ1) is 15.9. The van der Waals surface area contributed by atoms with Crippen molar-refractivity contribution in [3.8, 4) is 0 Å². The predicted octanol–water partition coefficient (Wildman–Crippen LogP) is 4.79. The lowest BCUT2D eigenvalue weighted by atomic mass is 10.2. The molecular formula is C19H17BrFNO. The summed E-state index contributed by atoms with van der Waals surface area (Å²) in [5.41, 5.74) is 1.52. The maximum absolute atomic E-state index is 13.8. The van der Waals surface area contributed by atoms with Crippen LogP contribution in [0.2, 0.25) is 0 Å². The van der Waals surface area contributed by atoms with E-state index < -0.39 is 0 Å². The minimum atomic E-state index is -0.261. The SMILES string of the molecule is O=C(/C=C/c1ccc(Br)cc1)N(Cc1ccccc1F)C1CC1. The molecule has 0 bridgehead atoms. The standard InChI is InChI=1S/C19H17BrFNO/c20-16-8-5-14(6-9-16)7-12-19(23)22(17-10-11-17)13-15-3-1-2-4-18(15)21/h1-9,12,17H,10-11,13H2/b12-7+. The van der Waals surface area contributed by atoms with Crippen molar-refractivity contribution in [3.05, 3.63) is 76.0 Å². The molecule has 0 N–H and O–H groups in total. The van der Waals surface area contributed by atoms with Gasteiger partial charge in [-0.1, -0.05) is 46.3 Å². The fourth-order valence-corrected chi connectivity index (χ4v) is 2.68. The summed E-state index contributed by atoms with van der Waals surface area (Å²) >= 11 is 3.39. The summed E-state index contributed by atoms with van der Waals surface area (Å²) in [7, 11) is 0. The van der Waals surface area contributed by atoms with Crippen molar-refractivity contribution < 1.29 is 9.18 Å². The number of carbonyl (C=O) groups excluding carboxylic acids is 1. The molecule has 1 aliphatic carbocycles. The smallest absolute Gasteiger partial charge is 0.247 e. The van der Waals surface area contributed by atoms with Gasteiger partial charge < -0.3 is 4.90 Å². The third-order valence-electron chi connectivity index (χ3n) is 3.86. The Morgan fingerprint density at radius 3 is 2.52 bits per heavy atom. The molecule has 0 aliphatic heterocycles. The number of benzene rings is 2. The molecule has 2 aromatic rings. The van der Waals surface area contributed by atoms with E-state index in [9.17, 15) is 9.18 Å². The second-order valence-corrected chi connectivity index (χ2v) is 6.59. The zero-order valence-electron chi connectivity index (χ0n) is 12.6. The highest BCUT2D eigenvalue weighted by Gasteiger charge is 2.31.